The van der Waals surface area contributed by atoms with Gasteiger partial charge in [0.1, 0.15) is 5.75 Å². The number of hydrogen-bond donors (Lipinski definition) is 2. The van der Waals surface area contributed by atoms with Crippen molar-refractivity contribution in [1.29, 1.82) is 0 Å². The van der Waals surface area contributed by atoms with Crippen LogP contribution in [0.5, 0.6) is 5.75 Å². The summed E-state index contributed by atoms with van der Waals surface area (Å²) in [5, 5.41) is 21.8. The second-order valence-corrected chi connectivity index (χ2v) is 18.0. The van der Waals surface area contributed by atoms with Crippen LogP contribution >= 0.6 is 34.0 Å². The van der Waals surface area contributed by atoms with Crippen molar-refractivity contribution >= 4 is 66.1 Å². The van der Waals surface area contributed by atoms with Crippen LogP contribution in [0.25, 0.3) is 62.6 Å². The number of benzene rings is 4. The first kappa shape index (κ1) is 36.3. The van der Waals surface area contributed by atoms with Crippen LogP contribution in [-0.4, -0.2) is 24.3 Å². The maximum absolute atomic E-state index is 9.75. The van der Waals surface area contributed by atoms with Crippen LogP contribution in [0.1, 0.15) is 89.2 Å². The highest BCUT2D eigenvalue weighted by Gasteiger charge is 2.42. The van der Waals surface area contributed by atoms with E-state index < -0.39 is 7.12 Å². The summed E-state index contributed by atoms with van der Waals surface area (Å²) in [6, 6.07) is 36.2. The van der Waals surface area contributed by atoms with Gasteiger partial charge in [-0.1, -0.05) is 89.5 Å². The van der Waals surface area contributed by atoms with Gasteiger partial charge in [-0.05, 0) is 135 Å². The minimum Gasteiger partial charge on any atom is -0.497 e. The van der Waals surface area contributed by atoms with Crippen molar-refractivity contribution in [3.8, 4) is 48.2 Å². The smallest absolute Gasteiger partial charge is 0.497 e. The fourth-order valence-corrected chi connectivity index (χ4v) is 11.5. The third kappa shape index (κ3) is 7.03. The summed E-state index contributed by atoms with van der Waals surface area (Å²) >= 11 is 5.17. The SMILES string of the molecule is CCCCCCC1(CCCCCC)c2cc(-c3ccc(-c4ccc(OC)cc4)s3)ccc2-c2ccc(-c3cc4cc5sc(B(O)O)cc5cc4s3)cc21. The Labute approximate surface area is 326 Å². The van der Waals surface area contributed by atoms with E-state index in [1.54, 1.807) is 7.11 Å². The lowest BCUT2D eigenvalue weighted by molar-refractivity contribution is 0.401. The Balaban J connectivity index is 1.21. The van der Waals surface area contributed by atoms with Gasteiger partial charge in [-0.3, -0.25) is 0 Å². The molecular weight excluding hydrogens is 708 g/mol. The molecule has 8 rings (SSSR count). The van der Waals surface area contributed by atoms with Crippen molar-refractivity contribution in [3.05, 3.63) is 108 Å². The lowest BCUT2D eigenvalue weighted by atomic mass is 9.70. The predicted octanol–water partition coefficient (Wildman–Crippen LogP) is 13.1. The minimum absolute atomic E-state index is 0.0188. The first-order valence-corrected chi connectivity index (χ1v) is 21.7. The monoisotopic (exact) mass is 754 g/mol. The number of ether oxygens (including phenoxy) is 1. The zero-order valence-corrected chi connectivity index (χ0v) is 33.4. The van der Waals surface area contributed by atoms with E-state index in [1.807, 2.05) is 40.9 Å². The zero-order valence-electron chi connectivity index (χ0n) is 30.9. The highest BCUT2D eigenvalue weighted by molar-refractivity contribution is 7.28. The van der Waals surface area contributed by atoms with Crippen LogP contribution < -0.4 is 9.51 Å². The average Bonchev–Trinajstić information content (AvgIpc) is 3.98. The molecule has 0 bridgehead atoms. The first-order chi connectivity index (χ1) is 25.9. The van der Waals surface area contributed by atoms with Crippen LogP contribution in [-0.2, 0) is 5.41 Å². The van der Waals surface area contributed by atoms with Crippen LogP contribution in [0.4, 0.5) is 0 Å². The van der Waals surface area contributed by atoms with Crippen molar-refractivity contribution in [2.75, 3.05) is 7.11 Å². The number of hydrogen-bond acceptors (Lipinski definition) is 6. The van der Waals surface area contributed by atoms with Crippen molar-refractivity contribution in [2.24, 2.45) is 0 Å². The Hall–Kier alpha value is -3.72. The molecule has 4 aromatic carbocycles. The van der Waals surface area contributed by atoms with Crippen molar-refractivity contribution in [1.82, 2.24) is 0 Å². The molecule has 7 aromatic rings. The number of unbranched alkanes of at least 4 members (excludes halogenated alkanes) is 6. The van der Waals surface area contributed by atoms with Crippen LogP contribution in [0.3, 0.4) is 0 Å². The van der Waals surface area contributed by atoms with E-state index in [1.165, 1.54) is 139 Å². The van der Waals surface area contributed by atoms with Crippen molar-refractivity contribution in [3.63, 3.8) is 0 Å². The van der Waals surface area contributed by atoms with Gasteiger partial charge in [-0.15, -0.1) is 34.0 Å². The van der Waals surface area contributed by atoms with Crippen LogP contribution in [0.2, 0.25) is 0 Å². The molecule has 1 aliphatic carbocycles. The van der Waals surface area contributed by atoms with Gasteiger partial charge < -0.3 is 14.8 Å². The minimum atomic E-state index is -1.43. The predicted molar refractivity (Wildman–Crippen MR) is 232 cm³/mol. The molecule has 2 N–H and O–H groups in total. The normalized spacial score (nSPS) is 13.2. The fraction of sp³-hybridized carbons (Fsp3) is 0.304. The van der Waals surface area contributed by atoms with Crippen LogP contribution in [0.15, 0.2) is 97.1 Å². The van der Waals surface area contributed by atoms with Gasteiger partial charge in [0.05, 0.1) is 7.11 Å². The van der Waals surface area contributed by atoms with E-state index in [4.69, 9.17) is 4.74 Å². The molecule has 0 fully saturated rings. The highest BCUT2D eigenvalue weighted by atomic mass is 32.1. The van der Waals surface area contributed by atoms with Crippen LogP contribution in [0, 0.1) is 0 Å². The lowest BCUT2D eigenvalue weighted by Crippen LogP contribution is -2.26. The van der Waals surface area contributed by atoms with Gasteiger partial charge in [0, 0.05) is 34.2 Å². The molecule has 53 heavy (non-hydrogen) atoms. The van der Waals surface area contributed by atoms with Gasteiger partial charge in [0.2, 0.25) is 0 Å². The maximum Gasteiger partial charge on any atom is 0.499 e. The lowest BCUT2D eigenvalue weighted by Gasteiger charge is -2.33. The van der Waals surface area contributed by atoms with Gasteiger partial charge in [0.15, 0.2) is 0 Å². The van der Waals surface area contributed by atoms with E-state index in [-0.39, 0.29) is 5.41 Å². The molecule has 0 aliphatic heterocycles. The number of fused-ring (bicyclic) bond motifs is 5. The Kier molecular flexibility index (Phi) is 10.7. The molecule has 0 saturated heterocycles. The second kappa shape index (κ2) is 15.6. The fourth-order valence-electron chi connectivity index (χ4n) is 8.44. The molecule has 0 amide bonds. The van der Waals surface area contributed by atoms with E-state index in [0.29, 0.717) is 4.78 Å². The maximum atomic E-state index is 9.75. The molecule has 0 spiro atoms. The Morgan fingerprint density at radius 2 is 1.09 bits per heavy atom. The number of rotatable bonds is 15. The molecule has 0 saturated carbocycles. The van der Waals surface area contributed by atoms with E-state index >= 15 is 0 Å². The van der Waals surface area contributed by atoms with Crippen molar-refractivity contribution < 1.29 is 14.8 Å². The molecule has 7 heteroatoms. The Morgan fingerprint density at radius 3 is 1.68 bits per heavy atom. The summed E-state index contributed by atoms with van der Waals surface area (Å²) in [5.41, 5.74) is 9.66. The summed E-state index contributed by atoms with van der Waals surface area (Å²) in [7, 11) is 0.284. The molecule has 270 valence electrons. The Bertz CT molecular complexity index is 2300. The Morgan fingerprint density at radius 1 is 0.547 bits per heavy atom. The summed E-state index contributed by atoms with van der Waals surface area (Å²) in [6.45, 7) is 4.62. The molecule has 3 nitrogen and oxygen atoms in total. The van der Waals surface area contributed by atoms with Crippen molar-refractivity contribution in [2.45, 2.75) is 83.5 Å². The third-order valence-corrected chi connectivity index (χ3v) is 14.7. The molecule has 0 atom stereocenters. The third-order valence-electron chi connectivity index (χ3n) is 11.3. The number of methoxy groups -OCH3 is 1. The summed E-state index contributed by atoms with van der Waals surface area (Å²) in [4.78, 5) is 3.87. The zero-order chi connectivity index (χ0) is 36.5. The quantitative estimate of drug-likeness (QED) is 0.0809. The van der Waals surface area contributed by atoms with Gasteiger partial charge in [-0.2, -0.15) is 0 Å². The molecule has 1 aliphatic rings. The molecular formula is C46H47BO3S3. The van der Waals surface area contributed by atoms with E-state index in [2.05, 4.69) is 92.7 Å². The largest absolute Gasteiger partial charge is 0.499 e. The summed E-state index contributed by atoms with van der Waals surface area (Å²) in [6.07, 6.45) is 12.4. The second-order valence-electron chi connectivity index (χ2n) is 14.7. The average molecular weight is 755 g/mol. The molecule has 0 unspecified atom stereocenters. The molecule has 0 radical (unpaired) electrons. The summed E-state index contributed by atoms with van der Waals surface area (Å²) in [5.74, 6) is 0.882. The topological polar surface area (TPSA) is 49.7 Å². The van der Waals surface area contributed by atoms with Gasteiger partial charge in [-0.25, -0.2) is 0 Å². The standard InChI is InChI=1S/C46H47BO3S3/c1-4-6-8-10-22-46(23-11-9-7-5-2)38-24-31(41-21-20-40(51-41)30-12-16-35(50-3)17-13-30)14-18-36(38)37-19-15-32(25-39(37)46)42-26-33-27-44-34(28-43(33)52-42)29-45(53-44)47(48)49/h12-21,24-29,48-49H,4-11,22-23H2,1-3H3. The molecule has 3 heterocycles. The first-order valence-electron chi connectivity index (χ1n) is 19.3. The van der Waals surface area contributed by atoms with E-state index in [0.717, 1.165) is 15.8 Å². The number of thiophene rings is 3. The van der Waals surface area contributed by atoms with Gasteiger partial charge >= 0.3 is 7.12 Å². The molecule has 3 aromatic heterocycles. The van der Waals surface area contributed by atoms with E-state index in [9.17, 15) is 10.0 Å². The van der Waals surface area contributed by atoms with Gasteiger partial charge in [0.25, 0.3) is 0 Å². The highest BCUT2D eigenvalue weighted by Crippen LogP contribution is 2.56. The summed E-state index contributed by atoms with van der Waals surface area (Å²) < 4.78 is 8.32.